The smallest absolute Gasteiger partial charge is 0.231 e. The Morgan fingerprint density at radius 2 is 1.79 bits per heavy atom. The van der Waals surface area contributed by atoms with Crippen molar-refractivity contribution in [1.29, 1.82) is 0 Å². The second-order valence-corrected chi connectivity index (χ2v) is 7.92. The van der Waals surface area contributed by atoms with E-state index >= 15 is 0 Å². The van der Waals surface area contributed by atoms with Gasteiger partial charge < -0.3 is 5.32 Å². The summed E-state index contributed by atoms with van der Waals surface area (Å²) in [5, 5.41) is 12.6. The van der Waals surface area contributed by atoms with Crippen LogP contribution in [0, 0.1) is 0 Å². The second kappa shape index (κ2) is 6.54. The first kappa shape index (κ1) is 16.3. The molecule has 124 valence electrons. The molecule has 1 amide bonds. The normalized spacial score (nSPS) is 11.4. The number of carbonyl (C=O) groups excluding carboxylic acids is 1. The van der Waals surface area contributed by atoms with Gasteiger partial charge in [0.25, 0.3) is 0 Å². The van der Waals surface area contributed by atoms with Crippen LogP contribution >= 0.6 is 11.3 Å². The molecule has 0 radical (unpaired) electrons. The zero-order valence-electron chi connectivity index (χ0n) is 12.7. The van der Waals surface area contributed by atoms with E-state index in [4.69, 9.17) is 0 Å². The predicted octanol–water partition coefficient (Wildman–Crippen LogP) is 2.24. The summed E-state index contributed by atoms with van der Waals surface area (Å²) in [6.07, 6.45) is 1.21. The van der Waals surface area contributed by atoms with Crippen LogP contribution in [0.5, 0.6) is 0 Å². The summed E-state index contributed by atoms with van der Waals surface area (Å²) in [6, 6.07) is 13.7. The fourth-order valence-electron chi connectivity index (χ4n) is 2.17. The number of hydrogen-bond donors (Lipinski definition) is 2. The van der Waals surface area contributed by atoms with Crippen molar-refractivity contribution in [3.63, 3.8) is 0 Å². The molecule has 7 nitrogen and oxygen atoms in total. The maximum Gasteiger partial charge on any atom is 0.231 e. The lowest BCUT2D eigenvalue weighted by Crippen LogP contribution is -2.14. The Morgan fingerprint density at radius 3 is 2.54 bits per heavy atom. The second-order valence-electron chi connectivity index (χ2n) is 5.19. The summed E-state index contributed by atoms with van der Waals surface area (Å²) in [5.41, 5.74) is 0.880. The monoisotopic (exact) mass is 362 g/mol. The molecule has 2 N–H and O–H groups in total. The Labute approximate surface area is 142 Å². The molecule has 0 unspecified atom stereocenters. The zero-order chi connectivity index (χ0) is 17.2. The summed E-state index contributed by atoms with van der Waals surface area (Å²) < 4.78 is 24.5. The first-order chi connectivity index (χ1) is 11.4. The molecular formula is C15H14N4O3S2. The molecule has 3 aromatic rings. The molecule has 0 aliphatic heterocycles. The number of amides is 1. The van der Waals surface area contributed by atoms with Crippen LogP contribution in [0.4, 0.5) is 10.3 Å². The molecule has 3 rings (SSSR count). The number of rotatable bonds is 5. The van der Waals surface area contributed by atoms with Crippen molar-refractivity contribution in [3.05, 3.63) is 48.0 Å². The van der Waals surface area contributed by atoms with Crippen molar-refractivity contribution in [2.24, 2.45) is 0 Å². The third-order valence-electron chi connectivity index (χ3n) is 3.12. The van der Waals surface area contributed by atoms with E-state index in [9.17, 15) is 13.2 Å². The quantitative estimate of drug-likeness (QED) is 0.725. The number of aromatic nitrogens is 2. The van der Waals surface area contributed by atoms with Crippen LogP contribution in [0.3, 0.4) is 0 Å². The van der Waals surface area contributed by atoms with Crippen molar-refractivity contribution >= 4 is 48.3 Å². The first-order valence-corrected chi connectivity index (χ1v) is 9.69. The van der Waals surface area contributed by atoms with E-state index in [1.807, 2.05) is 42.5 Å². The molecule has 0 atom stereocenters. The van der Waals surface area contributed by atoms with Crippen molar-refractivity contribution in [3.8, 4) is 0 Å². The Balaban J connectivity index is 1.66. The molecule has 24 heavy (non-hydrogen) atoms. The van der Waals surface area contributed by atoms with Gasteiger partial charge in [-0.1, -0.05) is 53.8 Å². The van der Waals surface area contributed by atoms with E-state index < -0.39 is 10.0 Å². The van der Waals surface area contributed by atoms with Crippen LogP contribution in [0.25, 0.3) is 10.8 Å². The van der Waals surface area contributed by atoms with Gasteiger partial charge in [0.15, 0.2) is 0 Å². The van der Waals surface area contributed by atoms with Gasteiger partial charge in [0.1, 0.15) is 0 Å². The van der Waals surface area contributed by atoms with Crippen molar-refractivity contribution in [2.45, 2.75) is 6.42 Å². The Bertz CT molecular complexity index is 999. The number of fused-ring (bicyclic) bond motifs is 1. The minimum Gasteiger partial charge on any atom is -0.300 e. The molecule has 0 aliphatic rings. The fraction of sp³-hybridized carbons (Fsp3) is 0.133. The van der Waals surface area contributed by atoms with Gasteiger partial charge in [0.05, 0.1) is 12.7 Å². The average Bonchev–Trinajstić information content (AvgIpc) is 2.91. The van der Waals surface area contributed by atoms with Crippen molar-refractivity contribution in [1.82, 2.24) is 10.2 Å². The fourth-order valence-corrected chi connectivity index (χ4v) is 3.66. The van der Waals surface area contributed by atoms with Crippen LogP contribution in [0.15, 0.2) is 42.5 Å². The molecule has 1 heterocycles. The van der Waals surface area contributed by atoms with Gasteiger partial charge in [0.2, 0.25) is 26.2 Å². The molecular weight excluding hydrogens is 348 g/mol. The lowest BCUT2D eigenvalue weighted by atomic mass is 10.1. The molecule has 0 saturated carbocycles. The number of anilines is 2. The highest BCUT2D eigenvalue weighted by Crippen LogP contribution is 2.21. The van der Waals surface area contributed by atoms with Gasteiger partial charge in [-0.05, 0) is 16.3 Å². The molecule has 9 heteroatoms. The summed E-state index contributed by atoms with van der Waals surface area (Å²) in [7, 11) is -3.42. The lowest BCUT2D eigenvalue weighted by Gasteiger charge is -2.04. The highest BCUT2D eigenvalue weighted by molar-refractivity contribution is 7.92. The summed E-state index contributed by atoms with van der Waals surface area (Å²) >= 11 is 0.957. The maximum absolute atomic E-state index is 12.1. The number of nitrogens with one attached hydrogen (secondary N) is 2. The molecule has 0 aliphatic carbocycles. The minimum absolute atomic E-state index is 0.110. The van der Waals surface area contributed by atoms with Gasteiger partial charge in [-0.3, -0.25) is 9.52 Å². The number of hydrogen-bond acceptors (Lipinski definition) is 6. The SMILES string of the molecule is CS(=O)(=O)Nc1nnc(NC(=O)Cc2ccc3ccccc3c2)s1. The van der Waals surface area contributed by atoms with Gasteiger partial charge in [0, 0.05) is 0 Å². The van der Waals surface area contributed by atoms with E-state index in [0.717, 1.165) is 33.9 Å². The standard InChI is InChI=1S/C15H14N4O3S2/c1-24(21,22)19-15-18-17-14(23-15)16-13(20)9-10-6-7-11-4-2-3-5-12(11)8-10/h2-8H,9H2,1H3,(H,18,19)(H,16,17,20). The highest BCUT2D eigenvalue weighted by atomic mass is 32.2. The van der Waals surface area contributed by atoms with Crippen LogP contribution in [-0.2, 0) is 21.2 Å². The van der Waals surface area contributed by atoms with E-state index in [1.54, 1.807) is 0 Å². The molecule has 0 bridgehead atoms. The summed E-state index contributed by atoms with van der Waals surface area (Å²) in [4.78, 5) is 12.1. The van der Waals surface area contributed by atoms with Crippen LogP contribution in [-0.4, -0.2) is 30.8 Å². The number of nitrogens with zero attached hydrogens (tertiary/aromatic N) is 2. The highest BCUT2D eigenvalue weighted by Gasteiger charge is 2.11. The minimum atomic E-state index is -3.42. The van der Waals surface area contributed by atoms with E-state index in [0.29, 0.717) is 0 Å². The van der Waals surface area contributed by atoms with Gasteiger partial charge in [-0.25, -0.2) is 8.42 Å². The third-order valence-corrected chi connectivity index (χ3v) is 4.57. The molecule has 2 aromatic carbocycles. The summed E-state index contributed by atoms with van der Waals surface area (Å²) in [6.45, 7) is 0. The first-order valence-electron chi connectivity index (χ1n) is 6.98. The molecule has 1 aromatic heterocycles. The third kappa shape index (κ3) is 4.27. The van der Waals surface area contributed by atoms with E-state index in [-0.39, 0.29) is 22.6 Å². The van der Waals surface area contributed by atoms with Crippen LogP contribution < -0.4 is 10.0 Å². The van der Waals surface area contributed by atoms with Crippen molar-refractivity contribution in [2.75, 3.05) is 16.3 Å². The topological polar surface area (TPSA) is 101 Å². The van der Waals surface area contributed by atoms with Crippen molar-refractivity contribution < 1.29 is 13.2 Å². The summed E-state index contributed by atoms with van der Waals surface area (Å²) in [5.74, 6) is -0.243. The molecule has 0 spiro atoms. The van der Waals surface area contributed by atoms with E-state index in [1.165, 1.54) is 0 Å². The molecule has 0 fully saturated rings. The lowest BCUT2D eigenvalue weighted by molar-refractivity contribution is -0.115. The van der Waals surface area contributed by atoms with Gasteiger partial charge >= 0.3 is 0 Å². The average molecular weight is 362 g/mol. The van der Waals surface area contributed by atoms with Gasteiger partial charge in [-0.2, -0.15) is 0 Å². The Morgan fingerprint density at radius 1 is 1.08 bits per heavy atom. The van der Waals surface area contributed by atoms with Gasteiger partial charge in [-0.15, -0.1) is 10.2 Å². The van der Waals surface area contributed by atoms with Crippen LogP contribution in [0.2, 0.25) is 0 Å². The number of carbonyl (C=O) groups is 1. The van der Waals surface area contributed by atoms with E-state index in [2.05, 4.69) is 20.2 Å². The molecule has 0 saturated heterocycles. The zero-order valence-corrected chi connectivity index (χ0v) is 14.3. The Kier molecular flexibility index (Phi) is 4.45. The largest absolute Gasteiger partial charge is 0.300 e. The number of sulfonamides is 1. The maximum atomic E-state index is 12.1. The Hall–Kier alpha value is -2.52. The predicted molar refractivity (Wildman–Crippen MR) is 94.7 cm³/mol. The van der Waals surface area contributed by atoms with Crippen LogP contribution in [0.1, 0.15) is 5.56 Å². The number of benzene rings is 2.